The third kappa shape index (κ3) is 2.80. The van der Waals surface area contributed by atoms with Gasteiger partial charge in [0.15, 0.2) is 0 Å². The molecule has 32 valence electrons. The second-order valence-corrected chi connectivity index (χ2v) is 0.361. The van der Waals surface area contributed by atoms with E-state index in [-0.39, 0.29) is 0 Å². The topological polar surface area (TPSA) is 90.4 Å². The van der Waals surface area contributed by atoms with Gasteiger partial charge in [0.2, 0.25) is 0 Å². The Kier molecular flexibility index (Phi) is 3.04. The van der Waals surface area contributed by atoms with E-state index < -0.39 is 0 Å². The molecule has 0 unspecified atom stereocenters. The average Bonchev–Trinajstić information content (AvgIpc) is 1.61. The highest BCUT2D eigenvalue weighted by Gasteiger charge is 1.55. The molecule has 0 atom stereocenters. The lowest BCUT2D eigenvalue weighted by Gasteiger charge is -1.53. The minimum absolute atomic E-state index is 1.92. The summed E-state index contributed by atoms with van der Waals surface area (Å²) in [5.74, 6) is 0. The summed E-state index contributed by atoms with van der Waals surface area (Å²) in [5.41, 5.74) is 5.87. The third-order valence-electron chi connectivity index (χ3n) is 0.121. The largest absolute Gasteiger partial charge is 0.183 e. The van der Waals surface area contributed by atoms with Crippen LogP contribution in [-0.4, -0.2) is 0 Å². The van der Waals surface area contributed by atoms with E-state index in [2.05, 4.69) is 15.7 Å². The standard InChI is InChI=1S/HN5O/c1-2-3-4-5-6/h1H/b2-1?,4-3+. The van der Waals surface area contributed by atoms with Gasteiger partial charge in [-0.2, -0.15) is 5.53 Å². The molecule has 0 aromatic carbocycles. The van der Waals surface area contributed by atoms with E-state index in [9.17, 15) is 0 Å². The molecule has 0 amide bonds. The van der Waals surface area contributed by atoms with Gasteiger partial charge in [0.05, 0.1) is 0 Å². The van der Waals surface area contributed by atoms with Crippen LogP contribution >= 0.6 is 0 Å². The fourth-order valence-electron chi connectivity index (χ4n) is 0.0363. The van der Waals surface area contributed by atoms with Gasteiger partial charge in [-0.1, -0.05) is 0 Å². The number of nitrogens with zero attached hydrogens (tertiary/aromatic N) is 4. The van der Waals surface area contributed by atoms with Crippen LogP contribution in [0.4, 0.5) is 0 Å². The number of nitroso groups, excluding NO2 is 1. The normalized spacial score (nSPS) is 8.67. The van der Waals surface area contributed by atoms with Crippen molar-refractivity contribution in [1.29, 1.82) is 5.53 Å². The zero-order valence-electron chi connectivity index (χ0n) is 2.70. The monoisotopic (exact) mass is 87.0 g/mol. The Balaban J connectivity index is 3.17. The summed E-state index contributed by atoms with van der Waals surface area (Å²) in [7, 11) is 0. The predicted molar refractivity (Wildman–Crippen MR) is 15.8 cm³/mol. The molecule has 0 aliphatic rings. The van der Waals surface area contributed by atoms with Crippen molar-refractivity contribution in [3.05, 3.63) is 4.91 Å². The number of hydrogen-bond acceptors (Lipinski definition) is 2. The van der Waals surface area contributed by atoms with Gasteiger partial charge in [-0.15, -0.1) is 4.91 Å². The Morgan fingerprint density at radius 2 is 2.00 bits per heavy atom. The summed E-state index contributed by atoms with van der Waals surface area (Å²) in [6.45, 7) is 0. The molecule has 0 rings (SSSR count). The summed E-state index contributed by atoms with van der Waals surface area (Å²) < 4.78 is 0. The first-order valence-corrected chi connectivity index (χ1v) is 1.01. The molecule has 0 aliphatic heterocycles. The van der Waals surface area contributed by atoms with E-state index >= 15 is 0 Å². The molecule has 6 heteroatoms. The molecule has 0 heterocycles. The van der Waals surface area contributed by atoms with Crippen LogP contribution in [0.25, 0.3) is 0 Å². The molecule has 6 nitrogen and oxygen atoms in total. The molecule has 0 saturated carbocycles. The van der Waals surface area contributed by atoms with Crippen molar-refractivity contribution in [2.75, 3.05) is 0 Å². The smallest absolute Gasteiger partial charge is 0.102 e. The van der Waals surface area contributed by atoms with E-state index in [0.29, 0.717) is 0 Å². The first kappa shape index (κ1) is 4.80. The minimum atomic E-state index is 1.92. The maximum absolute atomic E-state index is 8.91. The fraction of sp³-hybridized carbons (Fsp3) is 0. The Bertz CT molecular complexity index is 62.0. The maximum atomic E-state index is 8.91. The van der Waals surface area contributed by atoms with E-state index in [0.717, 1.165) is 0 Å². The van der Waals surface area contributed by atoms with E-state index in [1.165, 1.54) is 0 Å². The Morgan fingerprint density at radius 1 is 1.33 bits per heavy atom. The summed E-state index contributed by atoms with van der Waals surface area (Å²) in [4.78, 5) is 8.91. The first-order valence-electron chi connectivity index (χ1n) is 1.01. The third-order valence-corrected chi connectivity index (χ3v) is 0.121. The summed E-state index contributed by atoms with van der Waals surface area (Å²) in [5, 5.41) is 9.22. The lowest BCUT2D eigenvalue weighted by Crippen LogP contribution is -1.36. The molecule has 6 heavy (non-hydrogen) atoms. The molecular formula is HN5O. The van der Waals surface area contributed by atoms with Crippen molar-refractivity contribution >= 4 is 0 Å². The molecule has 0 aromatic rings. The van der Waals surface area contributed by atoms with Gasteiger partial charge in [0.25, 0.3) is 0 Å². The van der Waals surface area contributed by atoms with Crippen LogP contribution in [-0.2, 0) is 0 Å². The van der Waals surface area contributed by atoms with Crippen molar-refractivity contribution in [2.45, 2.75) is 0 Å². The number of hydrogen-bond donors (Lipinski definition) is 1. The van der Waals surface area contributed by atoms with Crippen LogP contribution in [0.3, 0.4) is 0 Å². The van der Waals surface area contributed by atoms with Crippen LogP contribution in [0.5, 0.6) is 0 Å². The number of nitrogens with one attached hydrogen (secondary N) is 1. The average molecular weight is 87.0 g/mol. The Labute approximate surface area is 32.7 Å². The van der Waals surface area contributed by atoms with E-state index in [4.69, 9.17) is 10.4 Å². The van der Waals surface area contributed by atoms with Crippen LogP contribution in [0, 0.1) is 10.4 Å². The van der Waals surface area contributed by atoms with Crippen LogP contribution in [0.2, 0.25) is 0 Å². The van der Waals surface area contributed by atoms with E-state index in [1.54, 1.807) is 0 Å². The zero-order chi connectivity index (χ0) is 4.83. The molecular weight excluding hydrogens is 86.0 g/mol. The second kappa shape index (κ2) is 3.80. The molecule has 0 radical (unpaired) electrons. The van der Waals surface area contributed by atoms with Gasteiger partial charge in [0, 0.05) is 5.22 Å². The first-order chi connectivity index (χ1) is 2.91. The maximum Gasteiger partial charge on any atom is 0.102 e. The number of rotatable bonds is 2. The molecule has 0 spiro atoms. The molecule has 0 aromatic heterocycles. The van der Waals surface area contributed by atoms with Gasteiger partial charge in [0.1, 0.15) is 5.29 Å². The van der Waals surface area contributed by atoms with Crippen molar-refractivity contribution in [3.63, 3.8) is 0 Å². The van der Waals surface area contributed by atoms with Crippen LogP contribution < -0.4 is 0 Å². The van der Waals surface area contributed by atoms with Crippen molar-refractivity contribution in [3.8, 4) is 0 Å². The SMILES string of the molecule is N=N/N=N/N=O. The summed E-state index contributed by atoms with van der Waals surface area (Å²) >= 11 is 0. The lowest BCUT2D eigenvalue weighted by molar-refractivity contribution is 0.856. The lowest BCUT2D eigenvalue weighted by atomic mass is 12.5. The van der Waals surface area contributed by atoms with Gasteiger partial charge in [-0.25, -0.2) is 0 Å². The van der Waals surface area contributed by atoms with Crippen molar-refractivity contribution in [1.82, 2.24) is 0 Å². The second-order valence-electron chi connectivity index (χ2n) is 0.361. The Morgan fingerprint density at radius 3 is 2.17 bits per heavy atom. The van der Waals surface area contributed by atoms with Gasteiger partial charge in [-0.05, 0) is 10.4 Å². The summed E-state index contributed by atoms with van der Waals surface area (Å²) in [6, 6.07) is 0. The fourth-order valence-corrected chi connectivity index (χ4v) is 0.0363. The molecule has 0 fully saturated rings. The van der Waals surface area contributed by atoms with Crippen molar-refractivity contribution < 1.29 is 0 Å². The van der Waals surface area contributed by atoms with Gasteiger partial charge < -0.3 is 0 Å². The van der Waals surface area contributed by atoms with Crippen LogP contribution in [0.15, 0.2) is 21.0 Å². The van der Waals surface area contributed by atoms with Gasteiger partial charge in [-0.3, -0.25) is 0 Å². The molecule has 0 aliphatic carbocycles. The minimum Gasteiger partial charge on any atom is -0.183 e. The highest BCUT2D eigenvalue weighted by molar-refractivity contribution is 4.06. The molecule has 1 N–H and O–H groups in total. The quantitative estimate of drug-likeness (QED) is 0.304. The highest BCUT2D eigenvalue weighted by Crippen LogP contribution is 1.71. The molecule has 0 bridgehead atoms. The van der Waals surface area contributed by atoms with Gasteiger partial charge >= 0.3 is 0 Å². The summed E-state index contributed by atoms with van der Waals surface area (Å²) in [6.07, 6.45) is 0. The Hall–Kier alpha value is -1.20. The van der Waals surface area contributed by atoms with E-state index in [1.807, 2.05) is 5.29 Å². The molecule has 0 saturated heterocycles. The van der Waals surface area contributed by atoms with Crippen molar-refractivity contribution in [2.24, 2.45) is 21.0 Å². The zero-order valence-corrected chi connectivity index (χ0v) is 2.70. The van der Waals surface area contributed by atoms with Crippen LogP contribution in [0.1, 0.15) is 0 Å². The predicted octanol–water partition coefficient (Wildman–Crippen LogP) is 1.07. The highest BCUT2D eigenvalue weighted by atomic mass is 16.3.